The molecule has 0 bridgehead atoms. The molecule has 1 amide bonds. The summed E-state index contributed by atoms with van der Waals surface area (Å²) in [5.41, 5.74) is 5.28. The largest absolute Gasteiger partial charge is 0.355 e. The molecule has 0 aliphatic heterocycles. The lowest BCUT2D eigenvalue weighted by Crippen LogP contribution is -2.28. The van der Waals surface area contributed by atoms with E-state index in [2.05, 4.69) is 27.3 Å². The number of nitrogens with one attached hydrogen (secondary N) is 1. The van der Waals surface area contributed by atoms with Crippen LogP contribution in [-0.4, -0.2) is 19.0 Å². The van der Waals surface area contributed by atoms with E-state index in [0.29, 0.717) is 19.5 Å². The van der Waals surface area contributed by atoms with E-state index in [0.717, 1.165) is 16.6 Å². The Morgan fingerprint density at radius 2 is 2.25 bits per heavy atom. The SMILES string of the molecule is Cl.NCCNC(=O)CCCc1ccc(Br)s1. The Bertz CT molecular complexity index is 320. The average Bonchev–Trinajstić information content (AvgIpc) is 2.61. The van der Waals surface area contributed by atoms with Gasteiger partial charge in [0.2, 0.25) is 5.91 Å². The lowest BCUT2D eigenvalue weighted by molar-refractivity contribution is -0.121. The third kappa shape index (κ3) is 6.48. The minimum atomic E-state index is 0. The van der Waals surface area contributed by atoms with Gasteiger partial charge in [-0.05, 0) is 40.9 Å². The second kappa shape index (κ2) is 8.98. The van der Waals surface area contributed by atoms with Crippen molar-refractivity contribution in [3.63, 3.8) is 0 Å². The maximum absolute atomic E-state index is 11.2. The topological polar surface area (TPSA) is 55.1 Å². The Labute approximate surface area is 114 Å². The standard InChI is InChI=1S/C10H15BrN2OS.ClH/c11-9-5-4-8(15-9)2-1-3-10(14)13-7-6-12;/h4-5H,1-3,6-7,12H2,(H,13,14);1H. The van der Waals surface area contributed by atoms with Crippen LogP contribution in [0.25, 0.3) is 0 Å². The maximum atomic E-state index is 11.2. The number of carbonyl (C=O) groups is 1. The predicted octanol–water partition coefficient (Wildman–Crippen LogP) is 2.33. The van der Waals surface area contributed by atoms with Crippen LogP contribution in [0.15, 0.2) is 15.9 Å². The first kappa shape index (κ1) is 15.9. The highest BCUT2D eigenvalue weighted by Gasteiger charge is 2.02. The van der Waals surface area contributed by atoms with Crippen LogP contribution in [-0.2, 0) is 11.2 Å². The van der Waals surface area contributed by atoms with Gasteiger partial charge in [0.1, 0.15) is 0 Å². The minimum Gasteiger partial charge on any atom is -0.355 e. The molecule has 3 nitrogen and oxygen atoms in total. The zero-order valence-electron chi connectivity index (χ0n) is 8.87. The molecule has 3 N–H and O–H groups in total. The van der Waals surface area contributed by atoms with Gasteiger partial charge in [0.15, 0.2) is 0 Å². The highest BCUT2D eigenvalue weighted by Crippen LogP contribution is 2.23. The first-order valence-electron chi connectivity index (χ1n) is 4.93. The van der Waals surface area contributed by atoms with Crippen molar-refractivity contribution in [2.24, 2.45) is 5.73 Å². The van der Waals surface area contributed by atoms with Crippen molar-refractivity contribution in [1.29, 1.82) is 0 Å². The number of rotatable bonds is 6. The van der Waals surface area contributed by atoms with Gasteiger partial charge in [-0.25, -0.2) is 0 Å². The van der Waals surface area contributed by atoms with E-state index < -0.39 is 0 Å². The number of hydrogen-bond acceptors (Lipinski definition) is 3. The molecule has 92 valence electrons. The van der Waals surface area contributed by atoms with Crippen LogP contribution in [0.5, 0.6) is 0 Å². The first-order chi connectivity index (χ1) is 7.22. The molecule has 0 aliphatic rings. The average molecular weight is 328 g/mol. The molecular formula is C10H16BrClN2OS. The fourth-order valence-corrected chi connectivity index (χ4v) is 2.73. The minimum absolute atomic E-state index is 0. The summed E-state index contributed by atoms with van der Waals surface area (Å²) in [5.74, 6) is 0.0936. The summed E-state index contributed by atoms with van der Waals surface area (Å²) >= 11 is 5.13. The summed E-state index contributed by atoms with van der Waals surface area (Å²) in [7, 11) is 0. The molecule has 0 spiro atoms. The second-order valence-corrected chi connectivity index (χ2v) is 5.75. The van der Waals surface area contributed by atoms with Crippen molar-refractivity contribution in [3.8, 4) is 0 Å². The van der Waals surface area contributed by atoms with Crippen LogP contribution in [0.3, 0.4) is 0 Å². The van der Waals surface area contributed by atoms with Crippen molar-refractivity contribution in [1.82, 2.24) is 5.32 Å². The Hall–Kier alpha value is -0.100. The third-order valence-corrected chi connectivity index (χ3v) is 3.61. The number of amides is 1. The van der Waals surface area contributed by atoms with E-state index in [4.69, 9.17) is 5.73 Å². The molecule has 0 aliphatic carbocycles. The number of thiophene rings is 1. The third-order valence-electron chi connectivity index (χ3n) is 1.92. The highest BCUT2D eigenvalue weighted by molar-refractivity contribution is 9.11. The van der Waals surface area contributed by atoms with Crippen molar-refractivity contribution in [3.05, 3.63) is 20.8 Å². The molecule has 1 heterocycles. The number of nitrogens with two attached hydrogens (primary N) is 1. The van der Waals surface area contributed by atoms with E-state index in [1.54, 1.807) is 11.3 Å². The fraction of sp³-hybridized carbons (Fsp3) is 0.500. The molecule has 6 heteroatoms. The van der Waals surface area contributed by atoms with E-state index in [9.17, 15) is 4.79 Å². The van der Waals surface area contributed by atoms with Gasteiger partial charge in [0.05, 0.1) is 3.79 Å². The number of carbonyl (C=O) groups excluding carboxylic acids is 1. The summed E-state index contributed by atoms with van der Waals surface area (Å²) < 4.78 is 1.14. The van der Waals surface area contributed by atoms with Gasteiger partial charge >= 0.3 is 0 Å². The lowest BCUT2D eigenvalue weighted by atomic mass is 10.2. The summed E-state index contributed by atoms with van der Waals surface area (Å²) in [4.78, 5) is 12.5. The quantitative estimate of drug-likeness (QED) is 0.842. The molecule has 16 heavy (non-hydrogen) atoms. The number of halogens is 2. The Morgan fingerprint density at radius 3 is 2.81 bits per heavy atom. The summed E-state index contributed by atoms with van der Waals surface area (Å²) in [5, 5.41) is 2.75. The molecule has 1 aromatic heterocycles. The number of aryl methyl sites for hydroxylation is 1. The van der Waals surface area contributed by atoms with Gasteiger partial charge in [-0.3, -0.25) is 4.79 Å². The van der Waals surface area contributed by atoms with E-state index in [-0.39, 0.29) is 18.3 Å². The summed E-state index contributed by atoms with van der Waals surface area (Å²) in [6, 6.07) is 4.13. The van der Waals surface area contributed by atoms with Crippen molar-refractivity contribution in [2.75, 3.05) is 13.1 Å². The Balaban J connectivity index is 0.00000225. The van der Waals surface area contributed by atoms with Crippen molar-refractivity contribution in [2.45, 2.75) is 19.3 Å². The normalized spacial score (nSPS) is 9.62. The van der Waals surface area contributed by atoms with Gasteiger partial charge < -0.3 is 11.1 Å². The smallest absolute Gasteiger partial charge is 0.220 e. The zero-order valence-corrected chi connectivity index (χ0v) is 12.1. The van der Waals surface area contributed by atoms with Gasteiger partial charge in [-0.1, -0.05) is 0 Å². The summed E-state index contributed by atoms with van der Waals surface area (Å²) in [6.07, 6.45) is 2.44. The van der Waals surface area contributed by atoms with E-state index in [1.165, 1.54) is 4.88 Å². The van der Waals surface area contributed by atoms with Crippen LogP contribution in [0.2, 0.25) is 0 Å². The molecule has 0 fully saturated rings. The lowest BCUT2D eigenvalue weighted by Gasteiger charge is -2.02. The van der Waals surface area contributed by atoms with Crippen molar-refractivity contribution < 1.29 is 4.79 Å². The molecule has 0 aromatic carbocycles. The van der Waals surface area contributed by atoms with Gasteiger partial charge in [0, 0.05) is 24.4 Å². The van der Waals surface area contributed by atoms with Crippen LogP contribution < -0.4 is 11.1 Å². The van der Waals surface area contributed by atoms with E-state index in [1.807, 2.05) is 6.07 Å². The summed E-state index contributed by atoms with van der Waals surface area (Å²) in [6.45, 7) is 1.08. The number of hydrogen-bond donors (Lipinski definition) is 2. The van der Waals surface area contributed by atoms with Gasteiger partial charge in [-0.2, -0.15) is 0 Å². The second-order valence-electron chi connectivity index (χ2n) is 3.20. The molecule has 0 radical (unpaired) electrons. The molecule has 0 unspecified atom stereocenters. The molecule has 0 atom stereocenters. The van der Waals surface area contributed by atoms with Gasteiger partial charge in [0.25, 0.3) is 0 Å². The first-order valence-corrected chi connectivity index (χ1v) is 6.54. The van der Waals surface area contributed by atoms with E-state index >= 15 is 0 Å². The Morgan fingerprint density at radius 1 is 1.50 bits per heavy atom. The molecule has 0 saturated heterocycles. The monoisotopic (exact) mass is 326 g/mol. The molecule has 1 rings (SSSR count). The molecular weight excluding hydrogens is 312 g/mol. The Kier molecular flexibility index (Phi) is 8.93. The van der Waals surface area contributed by atoms with Crippen LogP contribution >= 0.6 is 39.7 Å². The van der Waals surface area contributed by atoms with Crippen LogP contribution in [0.1, 0.15) is 17.7 Å². The van der Waals surface area contributed by atoms with Crippen molar-refractivity contribution >= 4 is 45.6 Å². The maximum Gasteiger partial charge on any atom is 0.220 e. The highest BCUT2D eigenvalue weighted by atomic mass is 79.9. The van der Waals surface area contributed by atoms with Crippen LogP contribution in [0.4, 0.5) is 0 Å². The molecule has 1 aromatic rings. The molecule has 0 saturated carbocycles. The van der Waals surface area contributed by atoms with Crippen LogP contribution in [0, 0.1) is 0 Å². The predicted molar refractivity (Wildman–Crippen MR) is 74.3 cm³/mol. The zero-order chi connectivity index (χ0) is 11.1. The fourth-order valence-electron chi connectivity index (χ4n) is 1.21. The van der Waals surface area contributed by atoms with Gasteiger partial charge in [-0.15, -0.1) is 23.7 Å².